The summed E-state index contributed by atoms with van der Waals surface area (Å²) >= 11 is 10.3. The second-order valence-electron chi connectivity index (χ2n) is 34.0. The van der Waals surface area contributed by atoms with Crippen LogP contribution in [0.25, 0.3) is 0 Å². The molecule has 686 valence electrons. The van der Waals surface area contributed by atoms with E-state index in [9.17, 15) is 44.7 Å². The first-order chi connectivity index (χ1) is 59.7. The van der Waals surface area contributed by atoms with Gasteiger partial charge in [0.05, 0.1) is 90.2 Å². The molecule has 27 nitrogen and oxygen atoms in total. The van der Waals surface area contributed by atoms with Gasteiger partial charge in [-0.05, 0) is 290 Å². The van der Waals surface area contributed by atoms with E-state index in [1.54, 1.807) is 12.1 Å². The zero-order valence-electron chi connectivity index (χ0n) is 73.5. The van der Waals surface area contributed by atoms with Gasteiger partial charge in [-0.1, -0.05) is 59.9 Å². The van der Waals surface area contributed by atoms with Crippen molar-refractivity contribution < 1.29 is 77.9 Å². The Morgan fingerprint density at radius 2 is 0.712 bits per heavy atom. The molecule has 8 aliphatic heterocycles. The summed E-state index contributed by atoms with van der Waals surface area (Å²) in [6, 6.07) is 52.4. The number of nitrogen functional groups attached to an aromatic ring is 1. The Morgan fingerprint density at radius 1 is 0.448 bits per heavy atom. The van der Waals surface area contributed by atoms with Crippen molar-refractivity contribution in [2.24, 2.45) is 0 Å². The predicted molar refractivity (Wildman–Crippen MR) is 506 cm³/mol. The van der Waals surface area contributed by atoms with Gasteiger partial charge < -0.3 is 99.3 Å². The fourth-order valence-electron chi connectivity index (χ4n) is 14.8. The van der Waals surface area contributed by atoms with Crippen LogP contribution in [0, 0.1) is 26.0 Å². The Kier molecular flexibility index (Phi) is 43.4. The van der Waals surface area contributed by atoms with Crippen LogP contribution in [0.1, 0.15) is 138 Å². The predicted octanol–water partition coefficient (Wildman–Crippen LogP) is 14.8. The van der Waals surface area contributed by atoms with Crippen molar-refractivity contribution in [2.45, 2.75) is 198 Å². The lowest BCUT2D eigenvalue weighted by Gasteiger charge is -2.33. The molecule has 8 aliphatic rings. The third kappa shape index (κ3) is 36.8. The maximum atomic E-state index is 12.1. The summed E-state index contributed by atoms with van der Waals surface area (Å²) in [5.74, 6) is -0.756. The summed E-state index contributed by atoms with van der Waals surface area (Å²) in [6.45, 7) is 28.3. The molecule has 0 aromatic heterocycles. The van der Waals surface area contributed by atoms with Crippen molar-refractivity contribution >= 4 is 118 Å². The first-order valence-electron chi connectivity index (χ1n) is 43.7. The number of nitro groups is 2. The number of nitrogens with zero attached hydrogens (tertiary/aromatic N) is 8. The largest absolute Gasteiger partial charge is 0.494 e. The van der Waals surface area contributed by atoms with Gasteiger partial charge in [0.25, 0.3) is 11.4 Å². The van der Waals surface area contributed by atoms with Crippen molar-refractivity contribution in [3.63, 3.8) is 0 Å². The molecule has 15 rings (SSSR count). The zero-order chi connectivity index (χ0) is 90.5. The van der Waals surface area contributed by atoms with E-state index in [-0.39, 0.29) is 92.1 Å². The number of esters is 1. The summed E-state index contributed by atoms with van der Waals surface area (Å²) in [6.07, 6.45) is 13.1. The van der Waals surface area contributed by atoms with Crippen molar-refractivity contribution in [1.82, 2.24) is 5.32 Å². The lowest BCUT2D eigenvalue weighted by Crippen LogP contribution is -2.41. The Balaban J connectivity index is 0.000000181. The highest BCUT2D eigenvalue weighted by Crippen LogP contribution is 2.37. The van der Waals surface area contributed by atoms with Crippen LogP contribution in [-0.4, -0.2) is 238 Å². The van der Waals surface area contributed by atoms with Crippen LogP contribution < -0.4 is 45.9 Å². The molecule has 0 amide bonds. The minimum Gasteiger partial charge on any atom is -0.458 e. The van der Waals surface area contributed by atoms with Gasteiger partial charge in [0, 0.05) is 156 Å². The fraction of sp³-hybridized carbons (Fsp3) is 0.538. The number of rotatable bonds is 18. The van der Waals surface area contributed by atoms with Gasteiger partial charge in [-0.2, -0.15) is 0 Å². The average molecular weight is 1930 g/mol. The Bertz CT molecular complexity index is 4120. The van der Waals surface area contributed by atoms with E-state index >= 15 is 0 Å². The first kappa shape index (κ1) is 103. The number of piperidine rings is 7. The molecular formula is C93H131BBr3FN10O17. The van der Waals surface area contributed by atoms with Crippen LogP contribution in [0.3, 0.4) is 0 Å². The van der Waals surface area contributed by atoms with Crippen LogP contribution in [0.2, 0.25) is 0 Å². The van der Waals surface area contributed by atoms with Crippen molar-refractivity contribution in [1.29, 1.82) is 0 Å². The van der Waals surface area contributed by atoms with E-state index in [0.717, 1.165) is 236 Å². The number of nitrogens with one attached hydrogen (secondary N) is 1. The highest BCUT2D eigenvalue weighted by molar-refractivity contribution is 9.11. The number of nitrogens with two attached hydrogens (primary N) is 1. The molecule has 9 N–H and O–H groups in total. The van der Waals surface area contributed by atoms with Crippen molar-refractivity contribution in [2.75, 3.05) is 160 Å². The highest BCUT2D eigenvalue weighted by atomic mass is 79.9. The number of aliphatic hydroxyl groups is 6. The minimum absolute atomic E-state index is 0.0266. The normalized spacial score (nSPS) is 18.5. The summed E-state index contributed by atoms with van der Waals surface area (Å²) in [5.41, 5.74) is 13.6. The van der Waals surface area contributed by atoms with Gasteiger partial charge in [-0.3, -0.25) is 20.2 Å². The van der Waals surface area contributed by atoms with Gasteiger partial charge in [0.15, 0.2) is 0 Å². The van der Waals surface area contributed by atoms with Gasteiger partial charge in [-0.25, -0.2) is 9.18 Å². The van der Waals surface area contributed by atoms with E-state index in [1.807, 2.05) is 45.0 Å². The quantitative estimate of drug-likeness (QED) is 0.0130. The molecule has 125 heavy (non-hydrogen) atoms. The van der Waals surface area contributed by atoms with Crippen LogP contribution in [0.4, 0.5) is 55.6 Å². The number of non-ortho nitro benzene ring substituents is 2. The molecule has 0 spiro atoms. The van der Waals surface area contributed by atoms with E-state index < -0.39 is 21.3 Å². The van der Waals surface area contributed by atoms with E-state index in [1.165, 1.54) is 40.6 Å². The third-order valence-electron chi connectivity index (χ3n) is 22.9. The second-order valence-corrected chi connectivity index (χ2v) is 36.7. The second kappa shape index (κ2) is 52.7. The maximum absolute atomic E-state index is 12.1. The number of hydrogen-bond acceptors (Lipinski definition) is 25. The average Bonchev–Trinajstić information content (AvgIpc) is 1.62. The molecule has 0 unspecified atom stereocenters. The first-order valence-corrected chi connectivity index (χ1v) is 46.0. The molecule has 7 aromatic rings. The van der Waals surface area contributed by atoms with Gasteiger partial charge in [-0.15, -0.1) is 0 Å². The number of carbonyl (C=O) groups is 1. The molecule has 8 saturated heterocycles. The van der Waals surface area contributed by atoms with Crippen molar-refractivity contribution in [3.05, 3.63) is 209 Å². The van der Waals surface area contributed by atoms with Crippen LogP contribution in [0.15, 0.2) is 183 Å². The summed E-state index contributed by atoms with van der Waals surface area (Å²) < 4.78 is 49.8. The lowest BCUT2D eigenvalue weighted by atomic mass is 9.79. The topological polar surface area (TPSA) is 338 Å². The van der Waals surface area contributed by atoms with Gasteiger partial charge in [0.1, 0.15) is 18.0 Å². The molecule has 0 saturated carbocycles. The molecule has 8 heterocycles. The fourth-order valence-corrected chi connectivity index (χ4v) is 15.6. The van der Waals surface area contributed by atoms with Crippen molar-refractivity contribution in [3.8, 4) is 0 Å². The number of benzene rings is 7. The summed E-state index contributed by atoms with van der Waals surface area (Å²) in [4.78, 5) is 45.0. The van der Waals surface area contributed by atoms with E-state index in [2.05, 4.69) is 207 Å². The smallest absolute Gasteiger partial charge is 0.458 e. The Labute approximate surface area is 762 Å². The monoisotopic (exact) mass is 1930 g/mol. The van der Waals surface area contributed by atoms with E-state index in [4.69, 9.17) is 49.3 Å². The Morgan fingerprint density at radius 3 is 0.992 bits per heavy atom. The SMILES string of the molecule is CC(C)(C)OC(=O)COC1CCN(c2ccc(Br)cc2)CC1.CC1(C)OB(c2ccc(N3CCC(OCCO)CC3)cc2)OC1(C)C.Nc1ccc(N2CCC(O)CC2)cc1.O=[N+]([O-])c1ccc(F)cc1.O=[N+]([O-])c1ccc(N2CCC(O)CC2)cc1.OC1CCN(c2ccc(Br)cc2)CC1.OC1CCNCC1.OCCOC1CCN(c2ccc(Br)cc2)CC1. The number of hydrogen-bond donors (Lipinski definition) is 8. The highest BCUT2D eigenvalue weighted by Gasteiger charge is 2.52. The van der Waals surface area contributed by atoms with Crippen LogP contribution in [0.5, 0.6) is 0 Å². The number of anilines is 7. The summed E-state index contributed by atoms with van der Waals surface area (Å²) in [5, 5.41) is 78.2. The van der Waals surface area contributed by atoms with E-state index in [0.29, 0.717) is 19.3 Å². The van der Waals surface area contributed by atoms with Crippen LogP contribution in [-0.2, 0) is 33.1 Å². The molecule has 0 radical (unpaired) electrons. The maximum Gasteiger partial charge on any atom is 0.494 e. The molecule has 0 aliphatic carbocycles. The number of nitro benzene ring substituents is 2. The Hall–Kier alpha value is -7.64. The molecule has 32 heteroatoms. The lowest BCUT2D eigenvalue weighted by molar-refractivity contribution is -0.385. The number of aliphatic hydroxyl groups excluding tert-OH is 6. The van der Waals surface area contributed by atoms with Crippen LogP contribution >= 0.6 is 47.8 Å². The molecule has 0 bridgehead atoms. The number of halogens is 4. The van der Waals surface area contributed by atoms with Gasteiger partial charge in [0.2, 0.25) is 0 Å². The standard InChI is InChI=1S/C19H30BNO4.C17H24BrNO3.C13H18BrNO2.C11H14BrNO.C11H14N2O3.C11H16N2O.C6H4FNO2.C5H11NO/c1-18(2)19(3,4)25-20(24-18)15-5-7-16(8-6-15)21-11-9-17(10-12-21)23-14-13-22;1-17(2,3)22-16(20)12-21-15-8-10-19(11-9-15)14-6-4-13(18)5-7-14;14-11-1-3-12(4-2-11)15-7-5-13(6-8-15)17-10-9-16;12-9-1-3-10(4-2-9)13-7-5-11(14)6-8-13;14-11-5-7-12(8-6-11)9-1-3-10(4-2-9)13(15)16;12-9-1-3-10(4-2-9)13-7-5-11(14)6-8-13;7-5-1-3-6(4-2-5)8(9)10;7-5-1-3-6-4-2-5/h5-8,17,22H,9-14H2,1-4H3;4-7,15H,8-12H2,1-3H3;1-4,13,16H,5-10H2;1-4,11,14H,5-8H2;1-4,11,14H,5-8H2;1-4,11,14H,5-8,12H2;1-4H;5-7H,1-4H2. The molecule has 8 fully saturated rings. The number of carbonyl (C=O) groups excluding carboxylic acids is 1. The molecule has 7 aromatic carbocycles. The van der Waals surface area contributed by atoms with Gasteiger partial charge >= 0.3 is 13.1 Å². The molecule has 0 atom stereocenters. The number of ether oxygens (including phenoxy) is 4. The zero-order valence-corrected chi connectivity index (χ0v) is 78.2. The third-order valence-corrected chi connectivity index (χ3v) is 24.4. The minimum atomic E-state index is -0.570. The summed E-state index contributed by atoms with van der Waals surface area (Å²) in [7, 11) is -0.309. The molecular weight excluding hydrogens is 1800 g/mol.